The van der Waals surface area contributed by atoms with Crippen molar-refractivity contribution in [1.29, 1.82) is 0 Å². The molecule has 2 heterocycles. The highest BCUT2D eigenvalue weighted by Gasteiger charge is 2.09. The maximum Gasteiger partial charge on any atom is 0.251 e. The van der Waals surface area contributed by atoms with Crippen molar-refractivity contribution >= 4 is 5.91 Å². The molecule has 130 valence electrons. The molecule has 0 aliphatic heterocycles. The van der Waals surface area contributed by atoms with Crippen LogP contribution in [0.15, 0.2) is 36.9 Å². The molecular weight excluding hydrogens is 320 g/mol. The quantitative estimate of drug-likeness (QED) is 0.684. The smallest absolute Gasteiger partial charge is 0.251 e. The van der Waals surface area contributed by atoms with Crippen molar-refractivity contribution in [3.63, 3.8) is 0 Å². The second kappa shape index (κ2) is 7.65. The predicted molar refractivity (Wildman–Crippen MR) is 89.8 cm³/mol. The molecule has 3 aromatic rings. The van der Waals surface area contributed by atoms with Gasteiger partial charge in [0.05, 0.1) is 6.54 Å². The summed E-state index contributed by atoms with van der Waals surface area (Å²) in [6.45, 7) is 5.22. The molecular formula is C16H20N8O. The van der Waals surface area contributed by atoms with Crippen molar-refractivity contribution in [2.75, 3.05) is 6.54 Å². The number of carbonyl (C=O) groups excluding carboxylic acids is 1. The van der Waals surface area contributed by atoms with Crippen LogP contribution in [0.5, 0.6) is 0 Å². The minimum absolute atomic E-state index is 0.107. The lowest BCUT2D eigenvalue weighted by atomic mass is 10.1. The minimum Gasteiger partial charge on any atom is -0.352 e. The van der Waals surface area contributed by atoms with E-state index in [1.54, 1.807) is 29.5 Å². The van der Waals surface area contributed by atoms with Gasteiger partial charge in [0.2, 0.25) is 0 Å². The third kappa shape index (κ3) is 4.25. The fraction of sp³-hybridized carbons (Fsp3) is 0.375. The van der Waals surface area contributed by atoms with E-state index in [0.717, 1.165) is 11.4 Å². The maximum absolute atomic E-state index is 12.2. The molecule has 25 heavy (non-hydrogen) atoms. The molecule has 2 aromatic heterocycles. The van der Waals surface area contributed by atoms with Crippen LogP contribution in [0, 0.1) is 0 Å². The van der Waals surface area contributed by atoms with E-state index >= 15 is 0 Å². The zero-order chi connectivity index (χ0) is 17.6. The molecule has 9 nitrogen and oxygen atoms in total. The molecule has 0 bridgehead atoms. The molecule has 0 radical (unpaired) electrons. The van der Waals surface area contributed by atoms with Gasteiger partial charge in [-0.3, -0.25) is 4.79 Å². The van der Waals surface area contributed by atoms with Gasteiger partial charge >= 0.3 is 0 Å². The van der Waals surface area contributed by atoms with E-state index in [4.69, 9.17) is 0 Å². The molecule has 1 N–H and O–H groups in total. The number of amides is 1. The van der Waals surface area contributed by atoms with Gasteiger partial charge in [-0.2, -0.15) is 0 Å². The molecule has 9 heteroatoms. The molecule has 0 saturated heterocycles. The Labute approximate surface area is 145 Å². The van der Waals surface area contributed by atoms with E-state index in [9.17, 15) is 4.79 Å². The summed E-state index contributed by atoms with van der Waals surface area (Å²) >= 11 is 0. The number of carbonyl (C=O) groups is 1. The van der Waals surface area contributed by atoms with Crippen molar-refractivity contribution in [2.45, 2.75) is 32.9 Å². The van der Waals surface area contributed by atoms with Crippen LogP contribution in [0.25, 0.3) is 0 Å². The molecule has 0 fully saturated rings. The zero-order valence-corrected chi connectivity index (χ0v) is 14.2. The highest BCUT2D eigenvalue weighted by atomic mass is 16.1. The standard InChI is InChI=1S/C16H20N8O/c1-12(2)24-11-18-20-15(24)7-8-17-16(25)14-5-3-13(4-6-14)9-23-10-19-21-22-23/h3-6,10-12H,7-9H2,1-2H3,(H,17,25). The van der Waals surface area contributed by atoms with Gasteiger partial charge in [-0.05, 0) is 42.0 Å². The van der Waals surface area contributed by atoms with Crippen molar-refractivity contribution in [3.05, 3.63) is 53.9 Å². The van der Waals surface area contributed by atoms with Crippen LogP contribution in [-0.2, 0) is 13.0 Å². The third-order valence-corrected chi connectivity index (χ3v) is 3.79. The molecule has 0 aliphatic rings. The van der Waals surface area contributed by atoms with E-state index in [-0.39, 0.29) is 5.91 Å². The number of hydrogen-bond donors (Lipinski definition) is 1. The number of nitrogens with zero attached hydrogens (tertiary/aromatic N) is 7. The first kappa shape index (κ1) is 16.7. The van der Waals surface area contributed by atoms with Crippen molar-refractivity contribution in [2.24, 2.45) is 0 Å². The van der Waals surface area contributed by atoms with Gasteiger partial charge in [0.15, 0.2) is 0 Å². The third-order valence-electron chi connectivity index (χ3n) is 3.79. The first-order valence-electron chi connectivity index (χ1n) is 8.10. The lowest BCUT2D eigenvalue weighted by molar-refractivity contribution is 0.0954. The maximum atomic E-state index is 12.2. The lowest BCUT2D eigenvalue weighted by Crippen LogP contribution is -2.26. The number of benzene rings is 1. The zero-order valence-electron chi connectivity index (χ0n) is 14.2. The monoisotopic (exact) mass is 340 g/mol. The Balaban J connectivity index is 1.52. The minimum atomic E-state index is -0.107. The van der Waals surface area contributed by atoms with Gasteiger partial charge < -0.3 is 9.88 Å². The Hall–Kier alpha value is -3.10. The molecule has 3 rings (SSSR count). The van der Waals surface area contributed by atoms with Crippen LogP contribution in [0.4, 0.5) is 0 Å². The average Bonchev–Trinajstić information content (AvgIpc) is 3.27. The summed E-state index contributed by atoms with van der Waals surface area (Å²) in [5.41, 5.74) is 1.64. The number of hydrogen-bond acceptors (Lipinski definition) is 6. The SMILES string of the molecule is CC(C)n1cnnc1CCNC(=O)c1ccc(Cn2cnnn2)cc1. The summed E-state index contributed by atoms with van der Waals surface area (Å²) in [6.07, 6.45) is 3.91. The van der Waals surface area contributed by atoms with E-state index < -0.39 is 0 Å². The van der Waals surface area contributed by atoms with Crippen molar-refractivity contribution in [3.8, 4) is 0 Å². The number of rotatable bonds is 7. The second-order valence-electron chi connectivity index (χ2n) is 5.96. The van der Waals surface area contributed by atoms with E-state index in [0.29, 0.717) is 31.1 Å². The fourth-order valence-corrected chi connectivity index (χ4v) is 2.47. The number of aromatic nitrogens is 7. The van der Waals surface area contributed by atoms with Crippen LogP contribution in [0.1, 0.15) is 41.6 Å². The molecule has 0 aliphatic carbocycles. The van der Waals surface area contributed by atoms with Gasteiger partial charge in [-0.15, -0.1) is 15.3 Å². The predicted octanol–water partition coefficient (Wildman–Crippen LogP) is 0.866. The molecule has 0 atom stereocenters. The summed E-state index contributed by atoms with van der Waals surface area (Å²) in [5.74, 6) is 0.761. The van der Waals surface area contributed by atoms with Gasteiger partial charge in [0, 0.05) is 24.6 Å². The van der Waals surface area contributed by atoms with Crippen LogP contribution in [0.3, 0.4) is 0 Å². The van der Waals surface area contributed by atoms with Crippen LogP contribution in [0.2, 0.25) is 0 Å². The van der Waals surface area contributed by atoms with Crippen LogP contribution >= 0.6 is 0 Å². The summed E-state index contributed by atoms with van der Waals surface area (Å²) in [5, 5.41) is 21.9. The summed E-state index contributed by atoms with van der Waals surface area (Å²) in [4.78, 5) is 12.2. The van der Waals surface area contributed by atoms with Gasteiger partial charge in [0.25, 0.3) is 5.91 Å². The fourth-order valence-electron chi connectivity index (χ4n) is 2.47. The average molecular weight is 340 g/mol. The molecule has 0 saturated carbocycles. The Morgan fingerprint density at radius 3 is 2.64 bits per heavy atom. The topological polar surface area (TPSA) is 103 Å². The van der Waals surface area contributed by atoms with Crippen LogP contribution < -0.4 is 5.32 Å². The second-order valence-corrected chi connectivity index (χ2v) is 5.96. The number of tetrazole rings is 1. The molecule has 1 aromatic carbocycles. The van der Waals surface area contributed by atoms with Crippen LogP contribution in [-0.4, -0.2) is 47.4 Å². The van der Waals surface area contributed by atoms with Gasteiger partial charge in [-0.25, -0.2) is 4.68 Å². The summed E-state index contributed by atoms with van der Waals surface area (Å²) < 4.78 is 3.62. The highest BCUT2D eigenvalue weighted by Crippen LogP contribution is 2.08. The Bertz CT molecular complexity index is 807. The Kier molecular flexibility index (Phi) is 5.12. The Morgan fingerprint density at radius 2 is 1.96 bits per heavy atom. The van der Waals surface area contributed by atoms with Crippen molar-refractivity contribution < 1.29 is 4.79 Å². The molecule has 1 amide bonds. The number of nitrogens with one attached hydrogen (secondary N) is 1. The Morgan fingerprint density at radius 1 is 1.16 bits per heavy atom. The largest absolute Gasteiger partial charge is 0.352 e. The highest BCUT2D eigenvalue weighted by molar-refractivity contribution is 5.94. The lowest BCUT2D eigenvalue weighted by Gasteiger charge is -2.10. The van der Waals surface area contributed by atoms with Crippen molar-refractivity contribution in [1.82, 2.24) is 40.3 Å². The molecule has 0 unspecified atom stereocenters. The summed E-state index contributed by atoms with van der Waals surface area (Å²) in [7, 11) is 0. The molecule has 0 spiro atoms. The summed E-state index contributed by atoms with van der Waals surface area (Å²) in [6, 6.07) is 7.68. The van der Waals surface area contributed by atoms with Gasteiger partial charge in [0.1, 0.15) is 18.5 Å². The van der Waals surface area contributed by atoms with Gasteiger partial charge in [-0.1, -0.05) is 12.1 Å². The first-order chi connectivity index (χ1) is 12.1. The first-order valence-corrected chi connectivity index (χ1v) is 8.10. The normalized spacial score (nSPS) is 11.0. The van der Waals surface area contributed by atoms with E-state index in [1.807, 2.05) is 16.7 Å². The van der Waals surface area contributed by atoms with E-state index in [2.05, 4.69) is 44.9 Å². The van der Waals surface area contributed by atoms with E-state index in [1.165, 1.54) is 0 Å².